The number of hydrogen-bond acceptors (Lipinski definition) is 4. The summed E-state index contributed by atoms with van der Waals surface area (Å²) in [5.74, 6) is 1.03. The topological polar surface area (TPSA) is 51.4 Å². The Balaban J connectivity index is 2.20. The largest absolute Gasteiger partial charge is 0.380 e. The number of pyridine rings is 1. The zero-order chi connectivity index (χ0) is 11.4. The van der Waals surface area contributed by atoms with Crippen molar-refractivity contribution < 1.29 is 4.74 Å². The van der Waals surface area contributed by atoms with E-state index in [1.165, 1.54) is 0 Å². The second-order valence-corrected chi connectivity index (χ2v) is 4.13. The molecule has 0 saturated carbocycles. The highest BCUT2D eigenvalue weighted by Gasteiger charge is 2.11. The fourth-order valence-corrected chi connectivity index (χ4v) is 1.98. The van der Waals surface area contributed by atoms with Gasteiger partial charge in [-0.3, -0.25) is 0 Å². The molecule has 1 aromatic heterocycles. The van der Waals surface area contributed by atoms with Gasteiger partial charge in [-0.1, -0.05) is 0 Å². The summed E-state index contributed by atoms with van der Waals surface area (Å²) in [5.41, 5.74) is 7.85. The molecule has 1 aromatic rings. The van der Waals surface area contributed by atoms with E-state index >= 15 is 0 Å². The quantitative estimate of drug-likeness (QED) is 0.811. The number of hydrogen-bond donors (Lipinski definition) is 1. The standard InChI is InChI=1S/C12H19N3O/c1-10-7-11(9-13)8-12(14-10)15-3-2-5-16-6-4-15/h7-8H,2-6,9,13H2,1H3. The summed E-state index contributed by atoms with van der Waals surface area (Å²) in [5, 5.41) is 0. The molecule has 4 nitrogen and oxygen atoms in total. The second kappa shape index (κ2) is 5.27. The van der Waals surface area contributed by atoms with Gasteiger partial charge in [0, 0.05) is 31.9 Å². The van der Waals surface area contributed by atoms with E-state index in [2.05, 4.69) is 16.0 Å². The van der Waals surface area contributed by atoms with E-state index in [0.717, 1.165) is 49.8 Å². The Kier molecular flexibility index (Phi) is 3.74. The van der Waals surface area contributed by atoms with Gasteiger partial charge in [0.1, 0.15) is 5.82 Å². The number of aryl methyl sites for hydroxylation is 1. The molecule has 2 N–H and O–H groups in total. The van der Waals surface area contributed by atoms with Crippen molar-refractivity contribution in [2.75, 3.05) is 31.2 Å². The van der Waals surface area contributed by atoms with Crippen molar-refractivity contribution in [2.24, 2.45) is 5.73 Å². The molecule has 0 unspecified atom stereocenters. The van der Waals surface area contributed by atoms with Crippen LogP contribution in [0.4, 0.5) is 5.82 Å². The predicted molar refractivity (Wildman–Crippen MR) is 64.5 cm³/mol. The average Bonchev–Trinajstić information content (AvgIpc) is 2.56. The Morgan fingerprint density at radius 3 is 3.06 bits per heavy atom. The normalized spacial score (nSPS) is 17.2. The Bertz CT molecular complexity index is 346. The summed E-state index contributed by atoms with van der Waals surface area (Å²) in [7, 11) is 0. The van der Waals surface area contributed by atoms with Crippen LogP contribution < -0.4 is 10.6 Å². The third-order valence-corrected chi connectivity index (χ3v) is 2.78. The highest BCUT2D eigenvalue weighted by molar-refractivity contribution is 5.42. The number of aromatic nitrogens is 1. The fourth-order valence-electron chi connectivity index (χ4n) is 1.98. The number of rotatable bonds is 2. The van der Waals surface area contributed by atoms with Crippen molar-refractivity contribution in [3.05, 3.63) is 23.4 Å². The lowest BCUT2D eigenvalue weighted by molar-refractivity contribution is 0.152. The van der Waals surface area contributed by atoms with Gasteiger partial charge in [0.05, 0.1) is 6.61 Å². The summed E-state index contributed by atoms with van der Waals surface area (Å²) in [6, 6.07) is 4.12. The van der Waals surface area contributed by atoms with Crippen molar-refractivity contribution >= 4 is 5.82 Å². The molecule has 2 rings (SSSR count). The smallest absolute Gasteiger partial charge is 0.129 e. The molecule has 0 atom stereocenters. The monoisotopic (exact) mass is 221 g/mol. The maximum Gasteiger partial charge on any atom is 0.129 e. The van der Waals surface area contributed by atoms with E-state index in [-0.39, 0.29) is 0 Å². The van der Waals surface area contributed by atoms with E-state index in [9.17, 15) is 0 Å². The Morgan fingerprint density at radius 1 is 1.38 bits per heavy atom. The lowest BCUT2D eigenvalue weighted by Crippen LogP contribution is -2.27. The SMILES string of the molecule is Cc1cc(CN)cc(N2CCCOCC2)n1. The first kappa shape index (κ1) is 11.4. The summed E-state index contributed by atoms with van der Waals surface area (Å²) in [6.45, 7) is 6.15. The van der Waals surface area contributed by atoms with Crippen LogP contribution >= 0.6 is 0 Å². The summed E-state index contributed by atoms with van der Waals surface area (Å²) in [6.07, 6.45) is 1.06. The van der Waals surface area contributed by atoms with Crippen molar-refractivity contribution in [1.82, 2.24) is 4.98 Å². The van der Waals surface area contributed by atoms with Crippen LogP contribution in [0.1, 0.15) is 17.7 Å². The van der Waals surface area contributed by atoms with Gasteiger partial charge in [0.2, 0.25) is 0 Å². The predicted octanol–water partition coefficient (Wildman–Crippen LogP) is 1.08. The molecule has 0 radical (unpaired) electrons. The molecule has 1 fully saturated rings. The lowest BCUT2D eigenvalue weighted by atomic mass is 10.2. The van der Waals surface area contributed by atoms with Crippen LogP contribution in [0.5, 0.6) is 0 Å². The van der Waals surface area contributed by atoms with Crippen molar-refractivity contribution in [3.63, 3.8) is 0 Å². The minimum Gasteiger partial charge on any atom is -0.380 e. The van der Waals surface area contributed by atoms with Crippen LogP contribution in [0.15, 0.2) is 12.1 Å². The van der Waals surface area contributed by atoms with Crippen molar-refractivity contribution in [2.45, 2.75) is 19.9 Å². The van der Waals surface area contributed by atoms with Crippen LogP contribution in [0.3, 0.4) is 0 Å². The second-order valence-electron chi connectivity index (χ2n) is 4.13. The zero-order valence-electron chi connectivity index (χ0n) is 9.78. The Labute approximate surface area is 96.4 Å². The summed E-state index contributed by atoms with van der Waals surface area (Å²) in [4.78, 5) is 6.84. The van der Waals surface area contributed by atoms with Crippen LogP contribution in [0, 0.1) is 6.92 Å². The fraction of sp³-hybridized carbons (Fsp3) is 0.583. The van der Waals surface area contributed by atoms with Gasteiger partial charge >= 0.3 is 0 Å². The first-order valence-corrected chi connectivity index (χ1v) is 5.80. The molecule has 1 aliphatic heterocycles. The van der Waals surface area contributed by atoms with Crippen molar-refractivity contribution in [1.29, 1.82) is 0 Å². The molecule has 0 bridgehead atoms. The average molecular weight is 221 g/mol. The number of nitrogens with zero attached hydrogens (tertiary/aromatic N) is 2. The highest BCUT2D eigenvalue weighted by Crippen LogP contribution is 2.16. The van der Waals surface area contributed by atoms with Crippen LogP contribution in [-0.4, -0.2) is 31.3 Å². The molecular formula is C12H19N3O. The molecular weight excluding hydrogens is 202 g/mol. The lowest BCUT2D eigenvalue weighted by Gasteiger charge is -2.21. The molecule has 0 spiro atoms. The molecule has 1 aliphatic rings. The van der Waals surface area contributed by atoms with Crippen LogP contribution in [0.2, 0.25) is 0 Å². The molecule has 0 aliphatic carbocycles. The van der Waals surface area contributed by atoms with E-state index in [1.807, 2.05) is 13.0 Å². The van der Waals surface area contributed by atoms with E-state index in [0.29, 0.717) is 6.54 Å². The Morgan fingerprint density at radius 2 is 2.25 bits per heavy atom. The maximum atomic E-state index is 5.68. The van der Waals surface area contributed by atoms with Gasteiger partial charge in [0.15, 0.2) is 0 Å². The molecule has 1 saturated heterocycles. The Hall–Kier alpha value is -1.13. The van der Waals surface area contributed by atoms with Crippen LogP contribution in [0.25, 0.3) is 0 Å². The third-order valence-electron chi connectivity index (χ3n) is 2.78. The number of nitrogens with two attached hydrogens (primary N) is 1. The first-order valence-electron chi connectivity index (χ1n) is 5.80. The van der Waals surface area contributed by atoms with Gasteiger partial charge < -0.3 is 15.4 Å². The zero-order valence-corrected chi connectivity index (χ0v) is 9.78. The maximum absolute atomic E-state index is 5.68. The highest BCUT2D eigenvalue weighted by atomic mass is 16.5. The number of anilines is 1. The minimum absolute atomic E-state index is 0.570. The van der Waals surface area contributed by atoms with E-state index in [1.54, 1.807) is 0 Å². The molecule has 0 amide bonds. The molecule has 88 valence electrons. The molecule has 4 heteroatoms. The first-order chi connectivity index (χ1) is 7.79. The van der Waals surface area contributed by atoms with Gasteiger partial charge in [-0.05, 0) is 31.0 Å². The van der Waals surface area contributed by atoms with Gasteiger partial charge in [-0.15, -0.1) is 0 Å². The van der Waals surface area contributed by atoms with Gasteiger partial charge in [-0.25, -0.2) is 4.98 Å². The summed E-state index contributed by atoms with van der Waals surface area (Å²) >= 11 is 0. The third kappa shape index (κ3) is 2.71. The van der Waals surface area contributed by atoms with Crippen LogP contribution in [-0.2, 0) is 11.3 Å². The summed E-state index contributed by atoms with van der Waals surface area (Å²) < 4.78 is 5.44. The van der Waals surface area contributed by atoms with E-state index in [4.69, 9.17) is 10.5 Å². The molecule has 0 aromatic carbocycles. The van der Waals surface area contributed by atoms with Gasteiger partial charge in [0.25, 0.3) is 0 Å². The minimum atomic E-state index is 0.570. The van der Waals surface area contributed by atoms with Crippen molar-refractivity contribution in [3.8, 4) is 0 Å². The number of ether oxygens (including phenoxy) is 1. The van der Waals surface area contributed by atoms with Gasteiger partial charge in [-0.2, -0.15) is 0 Å². The molecule has 16 heavy (non-hydrogen) atoms. The molecule has 2 heterocycles. The van der Waals surface area contributed by atoms with E-state index < -0.39 is 0 Å².